The van der Waals surface area contributed by atoms with Crippen LogP contribution in [0.1, 0.15) is 28.6 Å². The molecule has 1 aromatic heterocycles. The van der Waals surface area contributed by atoms with Crippen molar-refractivity contribution in [2.24, 2.45) is 0 Å². The predicted octanol–water partition coefficient (Wildman–Crippen LogP) is 2.20. The van der Waals surface area contributed by atoms with E-state index in [1.165, 1.54) is 4.88 Å². The number of thioether (sulfide) groups is 1. The fourth-order valence-corrected chi connectivity index (χ4v) is 3.84. The highest BCUT2D eigenvalue weighted by atomic mass is 32.2. The standard InChI is InChI=1S/C12H20N2O2S2/c1-3-13-6-11-9(7-15-2)14-12(18-11)10-8-17-5-4-16-10/h10,13H,3-8H2,1-2H3. The van der Waals surface area contributed by atoms with Crippen LogP contribution in [0.15, 0.2) is 0 Å². The second-order valence-corrected chi connectivity index (χ2v) is 6.33. The van der Waals surface area contributed by atoms with Gasteiger partial charge in [0.25, 0.3) is 0 Å². The molecule has 0 aliphatic carbocycles. The van der Waals surface area contributed by atoms with E-state index in [-0.39, 0.29) is 6.10 Å². The van der Waals surface area contributed by atoms with Crippen molar-refractivity contribution in [3.8, 4) is 0 Å². The molecule has 4 nitrogen and oxygen atoms in total. The van der Waals surface area contributed by atoms with Crippen molar-refractivity contribution in [1.29, 1.82) is 0 Å². The van der Waals surface area contributed by atoms with E-state index >= 15 is 0 Å². The molecule has 0 aromatic carbocycles. The normalized spacial score (nSPS) is 20.2. The van der Waals surface area contributed by atoms with Crippen LogP contribution in [0.5, 0.6) is 0 Å². The third-order valence-corrected chi connectivity index (χ3v) is 4.89. The molecule has 0 saturated carbocycles. The number of ether oxygens (including phenoxy) is 2. The van der Waals surface area contributed by atoms with E-state index in [0.717, 1.165) is 41.9 Å². The number of hydrogen-bond donors (Lipinski definition) is 1. The van der Waals surface area contributed by atoms with Crippen molar-refractivity contribution in [3.05, 3.63) is 15.6 Å². The van der Waals surface area contributed by atoms with Crippen LogP contribution in [0.25, 0.3) is 0 Å². The van der Waals surface area contributed by atoms with E-state index < -0.39 is 0 Å². The Bertz CT molecular complexity index is 365. The molecule has 1 fully saturated rings. The molecule has 1 aromatic rings. The summed E-state index contributed by atoms with van der Waals surface area (Å²) in [7, 11) is 1.71. The summed E-state index contributed by atoms with van der Waals surface area (Å²) in [5.41, 5.74) is 1.05. The molecule has 0 bridgehead atoms. The Morgan fingerprint density at radius 1 is 1.56 bits per heavy atom. The largest absolute Gasteiger partial charge is 0.378 e. The van der Waals surface area contributed by atoms with Crippen LogP contribution in [0.3, 0.4) is 0 Å². The van der Waals surface area contributed by atoms with Crippen LogP contribution in [-0.4, -0.2) is 36.8 Å². The van der Waals surface area contributed by atoms with Crippen LogP contribution < -0.4 is 5.32 Å². The lowest BCUT2D eigenvalue weighted by molar-refractivity contribution is 0.0751. The predicted molar refractivity (Wildman–Crippen MR) is 76.2 cm³/mol. The molecule has 2 rings (SSSR count). The molecule has 1 aliphatic heterocycles. The first-order chi connectivity index (χ1) is 8.85. The van der Waals surface area contributed by atoms with Crippen LogP contribution in [0.2, 0.25) is 0 Å². The zero-order chi connectivity index (χ0) is 12.8. The summed E-state index contributed by atoms with van der Waals surface area (Å²) in [5, 5.41) is 4.45. The first kappa shape index (κ1) is 14.3. The maximum absolute atomic E-state index is 5.78. The Balaban J connectivity index is 2.09. The van der Waals surface area contributed by atoms with Gasteiger partial charge < -0.3 is 14.8 Å². The number of rotatable bonds is 6. The first-order valence-corrected chi connectivity index (χ1v) is 8.19. The highest BCUT2D eigenvalue weighted by Gasteiger charge is 2.22. The van der Waals surface area contributed by atoms with Crippen LogP contribution in [0.4, 0.5) is 0 Å². The molecule has 1 unspecified atom stereocenters. The van der Waals surface area contributed by atoms with Gasteiger partial charge in [-0.1, -0.05) is 6.92 Å². The summed E-state index contributed by atoms with van der Waals surface area (Å²) in [6.45, 7) is 5.36. The van der Waals surface area contributed by atoms with Gasteiger partial charge in [0.05, 0.1) is 18.9 Å². The highest BCUT2D eigenvalue weighted by Crippen LogP contribution is 2.31. The lowest BCUT2D eigenvalue weighted by Crippen LogP contribution is -2.15. The topological polar surface area (TPSA) is 43.4 Å². The maximum atomic E-state index is 5.78. The summed E-state index contributed by atoms with van der Waals surface area (Å²) >= 11 is 3.69. The van der Waals surface area contributed by atoms with Gasteiger partial charge in [-0.3, -0.25) is 0 Å². The molecule has 6 heteroatoms. The lowest BCUT2D eigenvalue weighted by atomic mass is 10.3. The number of nitrogens with zero attached hydrogens (tertiary/aromatic N) is 1. The number of nitrogens with one attached hydrogen (secondary N) is 1. The third-order valence-electron chi connectivity index (χ3n) is 2.70. The summed E-state index contributed by atoms with van der Waals surface area (Å²) < 4.78 is 11.0. The van der Waals surface area contributed by atoms with Gasteiger partial charge in [0.1, 0.15) is 11.1 Å². The van der Waals surface area contributed by atoms with Gasteiger partial charge in [0.15, 0.2) is 0 Å². The van der Waals surface area contributed by atoms with Gasteiger partial charge in [0, 0.05) is 30.0 Å². The Kier molecular flexibility index (Phi) is 5.91. The second kappa shape index (κ2) is 7.45. The molecule has 0 radical (unpaired) electrons. The molecule has 1 N–H and O–H groups in total. The smallest absolute Gasteiger partial charge is 0.123 e. The summed E-state index contributed by atoms with van der Waals surface area (Å²) in [6, 6.07) is 0. The van der Waals surface area contributed by atoms with Crippen molar-refractivity contribution < 1.29 is 9.47 Å². The summed E-state index contributed by atoms with van der Waals surface area (Å²) in [6.07, 6.45) is 0.166. The lowest BCUT2D eigenvalue weighted by Gasteiger charge is -2.19. The van der Waals surface area contributed by atoms with Crippen LogP contribution in [0, 0.1) is 0 Å². The minimum atomic E-state index is 0.166. The molecule has 2 heterocycles. The summed E-state index contributed by atoms with van der Waals surface area (Å²) in [5.74, 6) is 2.11. The molecule has 1 atom stereocenters. The quantitative estimate of drug-likeness (QED) is 0.869. The van der Waals surface area contributed by atoms with E-state index in [9.17, 15) is 0 Å². The molecule has 18 heavy (non-hydrogen) atoms. The monoisotopic (exact) mass is 288 g/mol. The minimum absolute atomic E-state index is 0.166. The van der Waals surface area contributed by atoms with Crippen molar-refractivity contribution in [2.45, 2.75) is 26.2 Å². The zero-order valence-corrected chi connectivity index (χ0v) is 12.5. The molecule has 102 valence electrons. The van der Waals surface area contributed by atoms with Crippen LogP contribution >= 0.6 is 23.1 Å². The van der Waals surface area contributed by atoms with E-state index in [1.54, 1.807) is 18.4 Å². The average molecular weight is 288 g/mol. The van der Waals surface area contributed by atoms with Crippen molar-refractivity contribution in [2.75, 3.05) is 31.8 Å². The van der Waals surface area contributed by atoms with E-state index in [1.807, 2.05) is 11.8 Å². The van der Waals surface area contributed by atoms with Gasteiger partial charge in [-0.2, -0.15) is 11.8 Å². The van der Waals surface area contributed by atoms with Gasteiger partial charge in [0.2, 0.25) is 0 Å². The fraction of sp³-hybridized carbons (Fsp3) is 0.750. The minimum Gasteiger partial charge on any atom is -0.378 e. The Labute approximate surface area is 116 Å². The van der Waals surface area contributed by atoms with Gasteiger partial charge in [-0.05, 0) is 6.54 Å². The van der Waals surface area contributed by atoms with E-state index in [2.05, 4.69) is 12.2 Å². The Morgan fingerprint density at radius 2 is 2.44 bits per heavy atom. The molecule has 0 spiro atoms. The SMILES string of the molecule is CCNCc1sc(C2CSCCO2)nc1COC. The van der Waals surface area contributed by atoms with Crippen molar-refractivity contribution >= 4 is 23.1 Å². The number of hydrogen-bond acceptors (Lipinski definition) is 6. The highest BCUT2D eigenvalue weighted by molar-refractivity contribution is 7.99. The number of thiazole rings is 1. The number of aromatic nitrogens is 1. The summed E-state index contributed by atoms with van der Waals surface area (Å²) in [4.78, 5) is 5.96. The molecular weight excluding hydrogens is 268 g/mol. The van der Waals surface area contributed by atoms with E-state index in [0.29, 0.717) is 6.61 Å². The Morgan fingerprint density at radius 3 is 3.11 bits per heavy atom. The third kappa shape index (κ3) is 3.68. The van der Waals surface area contributed by atoms with E-state index in [4.69, 9.17) is 14.5 Å². The molecule has 1 saturated heterocycles. The average Bonchev–Trinajstić information content (AvgIpc) is 2.81. The second-order valence-electron chi connectivity index (χ2n) is 4.07. The van der Waals surface area contributed by atoms with Gasteiger partial charge >= 0.3 is 0 Å². The molecule has 1 aliphatic rings. The van der Waals surface area contributed by atoms with Crippen molar-refractivity contribution in [3.63, 3.8) is 0 Å². The fourth-order valence-electron chi connectivity index (χ4n) is 1.80. The number of methoxy groups -OCH3 is 1. The van der Waals surface area contributed by atoms with Gasteiger partial charge in [-0.25, -0.2) is 4.98 Å². The first-order valence-electron chi connectivity index (χ1n) is 6.22. The molecular formula is C12H20N2O2S2. The Hall–Kier alpha value is -0.140. The zero-order valence-electron chi connectivity index (χ0n) is 10.9. The van der Waals surface area contributed by atoms with Gasteiger partial charge in [-0.15, -0.1) is 11.3 Å². The maximum Gasteiger partial charge on any atom is 0.123 e. The van der Waals surface area contributed by atoms with Crippen LogP contribution in [-0.2, 0) is 22.6 Å². The molecule has 0 amide bonds. The van der Waals surface area contributed by atoms with Crippen molar-refractivity contribution in [1.82, 2.24) is 10.3 Å².